The number of benzene rings is 1. The first-order valence-electron chi connectivity index (χ1n) is 8.49. The number of thioether (sulfide) groups is 1. The summed E-state index contributed by atoms with van der Waals surface area (Å²) in [5, 5.41) is 12.0. The first-order valence-corrected chi connectivity index (χ1v) is 9.48. The first kappa shape index (κ1) is 16.8. The molecular weight excluding hydrogens is 310 g/mol. The van der Waals surface area contributed by atoms with E-state index in [0.29, 0.717) is 17.9 Å². The molecule has 0 aromatic heterocycles. The van der Waals surface area contributed by atoms with Crippen LogP contribution in [0.2, 0.25) is 0 Å². The van der Waals surface area contributed by atoms with Gasteiger partial charge in [-0.25, -0.2) is 0 Å². The molecule has 1 saturated heterocycles. The molecule has 1 spiro atoms. The van der Waals surface area contributed by atoms with E-state index in [9.17, 15) is 4.79 Å². The number of carbonyl (C=O) groups excluding carboxylic acids is 1. The minimum Gasteiger partial charge on any atom is -0.396 e. The highest BCUT2D eigenvalue weighted by atomic mass is 32.2. The fourth-order valence-corrected chi connectivity index (χ4v) is 4.27. The first-order chi connectivity index (χ1) is 11.2. The molecular formula is C18H25NO3S. The lowest BCUT2D eigenvalue weighted by molar-refractivity contribution is -0.0246. The van der Waals surface area contributed by atoms with Crippen LogP contribution in [0.25, 0.3) is 0 Å². The Labute approximate surface area is 142 Å². The molecule has 1 amide bonds. The molecule has 0 radical (unpaired) electrons. The van der Waals surface area contributed by atoms with Crippen LogP contribution >= 0.6 is 11.8 Å². The molecule has 126 valence electrons. The van der Waals surface area contributed by atoms with E-state index in [-0.39, 0.29) is 24.2 Å². The Hall–Kier alpha value is -1.04. The van der Waals surface area contributed by atoms with Crippen molar-refractivity contribution in [1.82, 2.24) is 5.32 Å². The molecule has 1 saturated carbocycles. The average molecular weight is 335 g/mol. The smallest absolute Gasteiger partial charge is 0.251 e. The highest BCUT2D eigenvalue weighted by molar-refractivity contribution is 7.99. The van der Waals surface area contributed by atoms with Gasteiger partial charge in [-0.15, -0.1) is 11.8 Å². The third kappa shape index (κ3) is 4.28. The van der Waals surface area contributed by atoms with Crippen molar-refractivity contribution in [1.29, 1.82) is 0 Å². The van der Waals surface area contributed by atoms with E-state index >= 15 is 0 Å². The molecule has 23 heavy (non-hydrogen) atoms. The van der Waals surface area contributed by atoms with Crippen molar-refractivity contribution >= 4 is 17.7 Å². The van der Waals surface area contributed by atoms with Crippen LogP contribution in [-0.2, 0) is 4.74 Å². The summed E-state index contributed by atoms with van der Waals surface area (Å²) in [4.78, 5) is 13.5. The SMILES string of the molecule is O=C(N[C@H]1COC2(CCCCC2)C1)c1ccc(SCCO)cc1. The number of amides is 1. The van der Waals surface area contributed by atoms with Crippen molar-refractivity contribution < 1.29 is 14.6 Å². The van der Waals surface area contributed by atoms with E-state index in [1.807, 2.05) is 24.3 Å². The van der Waals surface area contributed by atoms with Gasteiger partial charge in [0.2, 0.25) is 0 Å². The molecule has 1 aromatic carbocycles. The molecule has 1 aliphatic heterocycles. The number of hydrogen-bond acceptors (Lipinski definition) is 4. The van der Waals surface area contributed by atoms with Crippen molar-refractivity contribution in [2.75, 3.05) is 19.0 Å². The molecule has 0 bridgehead atoms. The molecule has 1 aromatic rings. The van der Waals surface area contributed by atoms with Crippen LogP contribution in [0.5, 0.6) is 0 Å². The molecule has 2 aliphatic rings. The van der Waals surface area contributed by atoms with Gasteiger partial charge in [0.15, 0.2) is 0 Å². The zero-order valence-electron chi connectivity index (χ0n) is 13.4. The highest BCUT2D eigenvalue weighted by Crippen LogP contribution is 2.39. The number of hydrogen-bond donors (Lipinski definition) is 2. The summed E-state index contributed by atoms with van der Waals surface area (Å²) in [7, 11) is 0. The van der Waals surface area contributed by atoms with Crippen molar-refractivity contribution in [2.45, 2.75) is 55.1 Å². The lowest BCUT2D eigenvalue weighted by Gasteiger charge is -2.32. The Morgan fingerprint density at radius 2 is 2.00 bits per heavy atom. The molecule has 1 atom stereocenters. The lowest BCUT2D eigenvalue weighted by Crippen LogP contribution is -2.37. The van der Waals surface area contributed by atoms with Crippen molar-refractivity contribution in [2.24, 2.45) is 0 Å². The van der Waals surface area contributed by atoms with Gasteiger partial charge in [0, 0.05) is 16.2 Å². The number of ether oxygens (including phenoxy) is 1. The van der Waals surface area contributed by atoms with Crippen LogP contribution in [0.1, 0.15) is 48.9 Å². The minimum absolute atomic E-state index is 0.0230. The summed E-state index contributed by atoms with van der Waals surface area (Å²) in [5.74, 6) is 0.651. The second kappa shape index (κ2) is 7.69. The van der Waals surface area contributed by atoms with Crippen molar-refractivity contribution in [3.05, 3.63) is 29.8 Å². The zero-order chi connectivity index (χ0) is 16.1. The summed E-state index contributed by atoms with van der Waals surface area (Å²) in [6.45, 7) is 0.798. The summed E-state index contributed by atoms with van der Waals surface area (Å²) >= 11 is 1.59. The van der Waals surface area contributed by atoms with Crippen LogP contribution < -0.4 is 5.32 Å². The van der Waals surface area contributed by atoms with Crippen LogP contribution in [0, 0.1) is 0 Å². The summed E-state index contributed by atoms with van der Waals surface area (Å²) in [6, 6.07) is 7.69. The van der Waals surface area contributed by atoms with Gasteiger partial charge in [0.05, 0.1) is 24.9 Å². The Bertz CT molecular complexity index is 526. The molecule has 4 nitrogen and oxygen atoms in total. The van der Waals surface area contributed by atoms with E-state index in [0.717, 1.165) is 24.2 Å². The maximum absolute atomic E-state index is 12.4. The van der Waals surface area contributed by atoms with Gasteiger partial charge in [-0.1, -0.05) is 19.3 Å². The summed E-state index contributed by atoms with van der Waals surface area (Å²) < 4.78 is 6.05. The topological polar surface area (TPSA) is 58.6 Å². The number of aliphatic hydroxyl groups excluding tert-OH is 1. The average Bonchev–Trinajstić information content (AvgIpc) is 2.96. The van der Waals surface area contributed by atoms with Gasteiger partial charge in [-0.2, -0.15) is 0 Å². The number of aliphatic hydroxyl groups is 1. The van der Waals surface area contributed by atoms with E-state index in [1.165, 1.54) is 19.3 Å². The monoisotopic (exact) mass is 335 g/mol. The van der Waals surface area contributed by atoms with Crippen molar-refractivity contribution in [3.63, 3.8) is 0 Å². The lowest BCUT2D eigenvalue weighted by atomic mass is 9.82. The van der Waals surface area contributed by atoms with Crippen LogP contribution in [0.15, 0.2) is 29.2 Å². The predicted molar refractivity (Wildman–Crippen MR) is 91.9 cm³/mol. The fraction of sp³-hybridized carbons (Fsp3) is 0.611. The zero-order valence-corrected chi connectivity index (χ0v) is 14.2. The predicted octanol–water partition coefficient (Wildman–Crippen LogP) is 2.99. The van der Waals surface area contributed by atoms with E-state index in [1.54, 1.807) is 11.8 Å². The Kier molecular flexibility index (Phi) is 5.62. The number of nitrogens with one attached hydrogen (secondary N) is 1. The molecule has 0 unspecified atom stereocenters. The van der Waals surface area contributed by atoms with Crippen LogP contribution in [-0.4, -0.2) is 41.6 Å². The largest absolute Gasteiger partial charge is 0.396 e. The van der Waals surface area contributed by atoms with Crippen LogP contribution in [0.3, 0.4) is 0 Å². The maximum Gasteiger partial charge on any atom is 0.251 e. The second-order valence-electron chi connectivity index (χ2n) is 6.53. The molecule has 2 N–H and O–H groups in total. The molecule has 2 fully saturated rings. The Morgan fingerprint density at radius 1 is 1.26 bits per heavy atom. The maximum atomic E-state index is 12.4. The summed E-state index contributed by atoms with van der Waals surface area (Å²) in [6.07, 6.45) is 7.01. The van der Waals surface area contributed by atoms with Gasteiger partial charge >= 0.3 is 0 Å². The molecule has 1 aliphatic carbocycles. The Balaban J connectivity index is 1.53. The quantitative estimate of drug-likeness (QED) is 0.812. The molecule has 1 heterocycles. The third-order valence-electron chi connectivity index (χ3n) is 4.79. The van der Waals surface area contributed by atoms with Crippen LogP contribution in [0.4, 0.5) is 0 Å². The minimum atomic E-state index is -0.0230. The van der Waals surface area contributed by atoms with E-state index in [2.05, 4.69) is 5.32 Å². The highest BCUT2D eigenvalue weighted by Gasteiger charge is 2.41. The van der Waals surface area contributed by atoms with Gasteiger partial charge in [0.25, 0.3) is 5.91 Å². The standard InChI is InChI=1S/C18H25NO3S/c20-10-11-23-16-6-4-14(5-7-16)17(21)19-15-12-18(22-13-15)8-2-1-3-9-18/h4-7,15,20H,1-3,8-13H2,(H,19,21)/t15-/m1/s1. The van der Waals surface area contributed by atoms with Gasteiger partial charge in [0.1, 0.15) is 0 Å². The molecule has 3 rings (SSSR count). The van der Waals surface area contributed by atoms with E-state index in [4.69, 9.17) is 9.84 Å². The van der Waals surface area contributed by atoms with Gasteiger partial charge in [-0.3, -0.25) is 4.79 Å². The number of rotatable bonds is 5. The second-order valence-corrected chi connectivity index (χ2v) is 7.69. The van der Waals surface area contributed by atoms with Gasteiger partial charge < -0.3 is 15.2 Å². The van der Waals surface area contributed by atoms with Crippen molar-refractivity contribution in [3.8, 4) is 0 Å². The van der Waals surface area contributed by atoms with Gasteiger partial charge in [-0.05, 0) is 43.5 Å². The molecule has 5 heteroatoms. The van der Waals surface area contributed by atoms with E-state index < -0.39 is 0 Å². The third-order valence-corrected chi connectivity index (χ3v) is 5.78. The summed E-state index contributed by atoms with van der Waals surface area (Å²) in [5.41, 5.74) is 0.712. The fourth-order valence-electron chi connectivity index (χ4n) is 3.62. The normalized spacial score (nSPS) is 23.1. The Morgan fingerprint density at radius 3 is 2.70 bits per heavy atom. The number of carbonyl (C=O) groups is 1.